The number of amides is 1. The molecule has 15 heavy (non-hydrogen) atoms. The molecule has 1 heterocycles. The summed E-state index contributed by atoms with van der Waals surface area (Å²) in [5.74, 6) is 0.688. The summed E-state index contributed by atoms with van der Waals surface area (Å²) in [6.45, 7) is 8.63. The summed E-state index contributed by atoms with van der Waals surface area (Å²) in [5.41, 5.74) is 0.359. The zero-order chi connectivity index (χ0) is 12.1. The van der Waals surface area contributed by atoms with Crippen molar-refractivity contribution in [1.29, 1.82) is 0 Å². The smallest absolute Gasteiger partial charge is 0.209 e. The van der Waals surface area contributed by atoms with Crippen LogP contribution in [-0.2, 0) is 4.79 Å². The Morgan fingerprint density at radius 1 is 1.27 bits per heavy atom. The maximum atomic E-state index is 10.4. The van der Waals surface area contributed by atoms with Gasteiger partial charge in [0.2, 0.25) is 6.41 Å². The molecule has 1 aliphatic heterocycles. The predicted octanol–water partition coefficient (Wildman–Crippen LogP) is 1.69. The molecule has 0 aliphatic carbocycles. The van der Waals surface area contributed by atoms with Crippen LogP contribution < -0.4 is 0 Å². The van der Waals surface area contributed by atoms with E-state index in [1.165, 1.54) is 6.42 Å². The van der Waals surface area contributed by atoms with Gasteiger partial charge in [-0.15, -0.1) is 0 Å². The average Bonchev–Trinajstić information content (AvgIpc) is 2.49. The fourth-order valence-corrected chi connectivity index (χ4v) is 1.59. The minimum absolute atomic E-state index is 0.359. The molecule has 3 heteroatoms. The van der Waals surface area contributed by atoms with E-state index < -0.39 is 0 Å². The molecular weight excluding hydrogens is 188 g/mol. The first-order chi connectivity index (χ1) is 6.77. The van der Waals surface area contributed by atoms with Gasteiger partial charge in [0.05, 0.1) is 0 Å². The Morgan fingerprint density at radius 2 is 1.73 bits per heavy atom. The Hall–Kier alpha value is -0.570. The molecule has 3 nitrogen and oxygen atoms in total. The van der Waals surface area contributed by atoms with E-state index in [2.05, 4.69) is 20.8 Å². The van der Waals surface area contributed by atoms with Gasteiger partial charge >= 0.3 is 0 Å². The van der Waals surface area contributed by atoms with Gasteiger partial charge in [0, 0.05) is 13.1 Å². The van der Waals surface area contributed by atoms with Gasteiger partial charge in [-0.3, -0.25) is 4.79 Å². The quantitative estimate of drug-likeness (QED) is 0.620. The molecule has 90 valence electrons. The summed E-state index contributed by atoms with van der Waals surface area (Å²) in [7, 11) is 6.00. The normalized spacial score (nSPS) is 21.3. The molecule has 1 amide bonds. The number of rotatable bonds is 1. The van der Waals surface area contributed by atoms with Crippen molar-refractivity contribution in [3.8, 4) is 0 Å². The maximum Gasteiger partial charge on any atom is 0.209 e. The molecule has 0 aromatic carbocycles. The number of hydrogen-bond donors (Lipinski definition) is 0. The van der Waals surface area contributed by atoms with Gasteiger partial charge in [0.15, 0.2) is 0 Å². The van der Waals surface area contributed by atoms with Gasteiger partial charge in [-0.25, -0.2) is 0 Å². The lowest BCUT2D eigenvalue weighted by Gasteiger charge is -2.26. The largest absolute Gasteiger partial charge is 0.345 e. The van der Waals surface area contributed by atoms with E-state index in [9.17, 15) is 4.79 Å². The first-order valence-corrected chi connectivity index (χ1v) is 5.57. The lowest BCUT2D eigenvalue weighted by molar-refractivity contribution is -0.117. The Kier molecular flexibility index (Phi) is 5.88. The molecule has 0 radical (unpaired) electrons. The topological polar surface area (TPSA) is 23.6 Å². The maximum absolute atomic E-state index is 10.4. The minimum Gasteiger partial charge on any atom is -0.345 e. The van der Waals surface area contributed by atoms with E-state index in [1.54, 1.807) is 0 Å². The molecule has 1 rings (SSSR count). The van der Waals surface area contributed by atoms with Crippen LogP contribution in [0.15, 0.2) is 0 Å². The molecule has 0 aromatic heterocycles. The van der Waals surface area contributed by atoms with E-state index in [-0.39, 0.29) is 0 Å². The lowest BCUT2D eigenvalue weighted by atomic mass is 9.80. The molecular formula is C12H26N2O. The van der Waals surface area contributed by atoms with E-state index in [0.717, 1.165) is 19.5 Å². The zero-order valence-electron chi connectivity index (χ0n) is 11.1. The SMILES string of the molecule is CC(C)(C)C1CCN(C=O)C1.CN(C)C. The van der Waals surface area contributed by atoms with Crippen molar-refractivity contribution in [2.75, 3.05) is 34.2 Å². The monoisotopic (exact) mass is 214 g/mol. The Labute approximate surface area is 94.4 Å². The van der Waals surface area contributed by atoms with E-state index >= 15 is 0 Å². The third-order valence-electron chi connectivity index (χ3n) is 2.59. The second-order valence-corrected chi connectivity index (χ2v) is 5.79. The fraction of sp³-hybridized carbons (Fsp3) is 0.917. The number of carbonyl (C=O) groups excluding carboxylic acids is 1. The van der Waals surface area contributed by atoms with Crippen molar-refractivity contribution in [1.82, 2.24) is 9.80 Å². The minimum atomic E-state index is 0.359. The van der Waals surface area contributed by atoms with Crippen LogP contribution in [0.4, 0.5) is 0 Å². The summed E-state index contributed by atoms with van der Waals surface area (Å²) in [6, 6.07) is 0. The zero-order valence-corrected chi connectivity index (χ0v) is 11.1. The van der Waals surface area contributed by atoms with Crippen molar-refractivity contribution < 1.29 is 4.79 Å². The highest BCUT2D eigenvalue weighted by Gasteiger charge is 2.30. The van der Waals surface area contributed by atoms with Gasteiger partial charge in [-0.05, 0) is 38.9 Å². The summed E-state index contributed by atoms with van der Waals surface area (Å²) in [6.07, 6.45) is 2.13. The molecule has 1 unspecified atom stereocenters. The van der Waals surface area contributed by atoms with Gasteiger partial charge < -0.3 is 9.80 Å². The molecule has 0 N–H and O–H groups in total. The van der Waals surface area contributed by atoms with Gasteiger partial charge in [-0.1, -0.05) is 20.8 Å². The highest BCUT2D eigenvalue weighted by molar-refractivity contribution is 5.47. The molecule has 1 aliphatic rings. The third kappa shape index (κ3) is 6.50. The highest BCUT2D eigenvalue weighted by atomic mass is 16.1. The first-order valence-electron chi connectivity index (χ1n) is 5.57. The molecule has 0 spiro atoms. The number of likely N-dealkylation sites (tertiary alicyclic amines) is 1. The van der Waals surface area contributed by atoms with Crippen LogP contribution in [0, 0.1) is 11.3 Å². The number of hydrogen-bond acceptors (Lipinski definition) is 2. The first kappa shape index (κ1) is 14.4. The molecule has 1 fully saturated rings. The Morgan fingerprint density at radius 3 is 1.93 bits per heavy atom. The second kappa shape index (κ2) is 6.11. The van der Waals surface area contributed by atoms with Crippen molar-refractivity contribution in [3.63, 3.8) is 0 Å². The van der Waals surface area contributed by atoms with Crippen molar-refractivity contribution >= 4 is 6.41 Å². The van der Waals surface area contributed by atoms with Gasteiger partial charge in [0.1, 0.15) is 0 Å². The number of carbonyl (C=O) groups is 1. The van der Waals surface area contributed by atoms with Crippen LogP contribution in [0.2, 0.25) is 0 Å². The van der Waals surface area contributed by atoms with E-state index in [1.807, 2.05) is 30.9 Å². The van der Waals surface area contributed by atoms with Gasteiger partial charge in [0.25, 0.3) is 0 Å². The van der Waals surface area contributed by atoms with Crippen molar-refractivity contribution in [3.05, 3.63) is 0 Å². The molecule has 0 aromatic rings. The predicted molar refractivity (Wildman–Crippen MR) is 64.8 cm³/mol. The van der Waals surface area contributed by atoms with Crippen molar-refractivity contribution in [2.24, 2.45) is 11.3 Å². The lowest BCUT2D eigenvalue weighted by Crippen LogP contribution is -2.24. The average molecular weight is 214 g/mol. The van der Waals surface area contributed by atoms with Gasteiger partial charge in [-0.2, -0.15) is 0 Å². The summed E-state index contributed by atoms with van der Waals surface area (Å²) >= 11 is 0. The van der Waals surface area contributed by atoms with Crippen LogP contribution in [0.1, 0.15) is 27.2 Å². The highest BCUT2D eigenvalue weighted by Crippen LogP contribution is 2.32. The standard InChI is InChI=1S/C9H17NO.C3H9N/c1-9(2,3)8-4-5-10(6-8)7-11;1-4(2)3/h7-8H,4-6H2,1-3H3;1-3H3. The van der Waals surface area contributed by atoms with Crippen molar-refractivity contribution in [2.45, 2.75) is 27.2 Å². The fourth-order valence-electron chi connectivity index (χ4n) is 1.59. The number of nitrogens with zero attached hydrogens (tertiary/aromatic N) is 2. The summed E-state index contributed by atoms with van der Waals surface area (Å²) < 4.78 is 0. The molecule has 0 saturated carbocycles. The Bertz CT molecular complexity index is 182. The molecule has 0 bridgehead atoms. The summed E-state index contributed by atoms with van der Waals surface area (Å²) in [4.78, 5) is 14.3. The van der Waals surface area contributed by atoms with Crippen LogP contribution in [0.5, 0.6) is 0 Å². The molecule has 1 atom stereocenters. The van der Waals surface area contributed by atoms with E-state index in [4.69, 9.17) is 0 Å². The van der Waals surface area contributed by atoms with Crippen LogP contribution >= 0.6 is 0 Å². The van der Waals surface area contributed by atoms with Crippen LogP contribution in [0.25, 0.3) is 0 Å². The van der Waals surface area contributed by atoms with Crippen LogP contribution in [0.3, 0.4) is 0 Å². The molecule has 1 saturated heterocycles. The Balaban J connectivity index is 0.000000423. The second-order valence-electron chi connectivity index (χ2n) is 5.79. The van der Waals surface area contributed by atoms with E-state index in [0.29, 0.717) is 11.3 Å². The third-order valence-corrected chi connectivity index (χ3v) is 2.59. The summed E-state index contributed by atoms with van der Waals surface area (Å²) in [5, 5.41) is 0. The van der Waals surface area contributed by atoms with Crippen LogP contribution in [-0.4, -0.2) is 50.4 Å².